The fourth-order valence-corrected chi connectivity index (χ4v) is 5.02. The first-order chi connectivity index (χ1) is 18.3. The maximum atomic E-state index is 14.8. The number of aliphatic hydroxyl groups is 1. The largest absolute Gasteiger partial charge is 0.493 e. The summed E-state index contributed by atoms with van der Waals surface area (Å²) in [5.41, 5.74) is -2.08. The maximum Gasteiger partial charge on any atom is 0.417 e. The lowest BCUT2D eigenvalue weighted by Gasteiger charge is -2.20. The highest BCUT2D eigenvalue weighted by Crippen LogP contribution is 2.56. The average Bonchev–Trinajstić information content (AvgIpc) is 3.52. The van der Waals surface area contributed by atoms with E-state index in [1.807, 2.05) is 0 Å². The highest BCUT2D eigenvalue weighted by atomic mass is 19.4. The molecule has 0 saturated heterocycles. The molecule has 2 aromatic carbocycles. The summed E-state index contributed by atoms with van der Waals surface area (Å²) in [4.78, 5) is 4.24. The first-order valence-electron chi connectivity index (χ1n) is 12.6. The van der Waals surface area contributed by atoms with Crippen molar-refractivity contribution in [3.63, 3.8) is 0 Å². The fraction of sp³-hybridized carbons (Fsp3) is 0.414. The monoisotopic (exact) mass is 551 g/mol. The number of nitrogens with zero attached hydrogens (tertiary/aromatic N) is 1. The summed E-state index contributed by atoms with van der Waals surface area (Å²) in [6, 6.07) is 6.29. The lowest BCUT2D eigenvalue weighted by molar-refractivity contribution is -0.137. The molecule has 0 unspecified atom stereocenters. The van der Waals surface area contributed by atoms with Crippen LogP contribution in [0.5, 0.6) is 11.6 Å². The number of halogens is 6. The van der Waals surface area contributed by atoms with Gasteiger partial charge in [0, 0.05) is 29.8 Å². The van der Waals surface area contributed by atoms with Gasteiger partial charge in [-0.3, -0.25) is 0 Å². The standard InChI is InChI=1S/C29H27F6NO3/c1-28(2,37)5-6-38-18-3-4-19(22(11-18)27(31)32)21-9-17(25(30)12-24(21)29(33,34)35)14-39-26-10-16-7-15-8-20(15)23(16)13-36-26/h3-4,9-13,15,20,27,37H,5-8,14H2,1-2H3/t15-,20+/m0/s1. The zero-order valence-corrected chi connectivity index (χ0v) is 21.3. The van der Waals surface area contributed by atoms with Crippen molar-refractivity contribution >= 4 is 0 Å². The number of aromatic nitrogens is 1. The lowest BCUT2D eigenvalue weighted by atomic mass is 9.93. The Hall–Kier alpha value is -3.27. The van der Waals surface area contributed by atoms with Gasteiger partial charge in [-0.25, -0.2) is 18.2 Å². The van der Waals surface area contributed by atoms with Crippen LogP contribution in [0.25, 0.3) is 11.1 Å². The minimum atomic E-state index is -5.00. The number of pyridine rings is 1. The van der Waals surface area contributed by atoms with Gasteiger partial charge in [-0.1, -0.05) is 6.07 Å². The van der Waals surface area contributed by atoms with E-state index in [4.69, 9.17) is 9.47 Å². The molecule has 208 valence electrons. The summed E-state index contributed by atoms with van der Waals surface area (Å²) in [5, 5.41) is 9.80. The first kappa shape index (κ1) is 27.3. The molecule has 0 amide bonds. The average molecular weight is 552 g/mol. The summed E-state index contributed by atoms with van der Waals surface area (Å²) in [6.45, 7) is 2.69. The van der Waals surface area contributed by atoms with Crippen molar-refractivity contribution in [3.05, 3.63) is 76.2 Å². The van der Waals surface area contributed by atoms with E-state index in [1.165, 1.54) is 11.6 Å². The molecule has 2 aliphatic carbocycles. The Morgan fingerprint density at radius 1 is 1.05 bits per heavy atom. The Morgan fingerprint density at radius 3 is 2.51 bits per heavy atom. The number of benzene rings is 2. The Bertz CT molecular complexity index is 1380. The van der Waals surface area contributed by atoms with Crippen LogP contribution in [-0.2, 0) is 19.2 Å². The maximum absolute atomic E-state index is 14.8. The first-order valence-corrected chi connectivity index (χ1v) is 12.6. The van der Waals surface area contributed by atoms with Gasteiger partial charge in [0.05, 0.1) is 17.8 Å². The van der Waals surface area contributed by atoms with Crippen LogP contribution in [0.2, 0.25) is 0 Å². The zero-order valence-electron chi connectivity index (χ0n) is 21.3. The van der Waals surface area contributed by atoms with Crippen LogP contribution in [0, 0.1) is 11.7 Å². The molecule has 0 aliphatic heterocycles. The van der Waals surface area contributed by atoms with Gasteiger partial charge in [0.1, 0.15) is 18.2 Å². The molecule has 0 spiro atoms. The third kappa shape index (κ3) is 6.00. The number of alkyl halides is 5. The van der Waals surface area contributed by atoms with E-state index >= 15 is 0 Å². The number of hydrogen-bond acceptors (Lipinski definition) is 4. The van der Waals surface area contributed by atoms with Crippen LogP contribution < -0.4 is 9.47 Å². The molecule has 2 aliphatic rings. The molecule has 3 aromatic rings. The molecule has 10 heteroatoms. The van der Waals surface area contributed by atoms with Crippen LogP contribution in [0.1, 0.15) is 66.8 Å². The molecular weight excluding hydrogens is 524 g/mol. The third-order valence-electron chi connectivity index (χ3n) is 7.20. The third-order valence-corrected chi connectivity index (χ3v) is 7.20. The van der Waals surface area contributed by atoms with Crippen molar-refractivity contribution in [2.75, 3.05) is 6.61 Å². The van der Waals surface area contributed by atoms with Crippen molar-refractivity contribution in [1.29, 1.82) is 0 Å². The van der Waals surface area contributed by atoms with Crippen molar-refractivity contribution < 1.29 is 40.9 Å². The van der Waals surface area contributed by atoms with Gasteiger partial charge in [0.2, 0.25) is 5.88 Å². The molecule has 1 fully saturated rings. The molecule has 5 rings (SSSR count). The summed E-state index contributed by atoms with van der Waals surface area (Å²) in [6.07, 6.45) is -4.16. The van der Waals surface area contributed by atoms with Crippen LogP contribution in [0.3, 0.4) is 0 Å². The van der Waals surface area contributed by atoms with Crippen LogP contribution in [0.4, 0.5) is 26.3 Å². The van der Waals surface area contributed by atoms with Gasteiger partial charge in [-0.05, 0) is 85.0 Å². The van der Waals surface area contributed by atoms with E-state index in [1.54, 1.807) is 26.1 Å². The van der Waals surface area contributed by atoms with Crippen molar-refractivity contribution in [2.45, 2.75) is 63.8 Å². The van der Waals surface area contributed by atoms with Gasteiger partial charge in [0.15, 0.2) is 0 Å². The SMILES string of the molecule is CC(C)(O)CCOc1ccc(-c2cc(COc3cc4c(cn3)[C@@H]3C[C@@H]3C4)c(F)cc2C(F)(F)F)c(C(F)F)c1. The second-order valence-corrected chi connectivity index (χ2v) is 10.8. The highest BCUT2D eigenvalue weighted by Gasteiger charge is 2.45. The van der Waals surface area contributed by atoms with Gasteiger partial charge >= 0.3 is 6.18 Å². The number of ether oxygens (including phenoxy) is 2. The Labute approximate surface area is 221 Å². The zero-order chi connectivity index (χ0) is 28.1. The Balaban J connectivity index is 1.45. The molecule has 39 heavy (non-hydrogen) atoms. The molecule has 0 radical (unpaired) electrons. The smallest absolute Gasteiger partial charge is 0.417 e. The number of fused-ring (bicyclic) bond motifs is 3. The van der Waals surface area contributed by atoms with Gasteiger partial charge in [-0.15, -0.1) is 0 Å². The Kier molecular flexibility index (Phi) is 7.03. The summed E-state index contributed by atoms with van der Waals surface area (Å²) in [5.74, 6) is 0.210. The highest BCUT2D eigenvalue weighted by molar-refractivity contribution is 5.73. The van der Waals surface area contributed by atoms with Crippen LogP contribution in [0.15, 0.2) is 42.6 Å². The molecule has 2 atom stereocenters. The van der Waals surface area contributed by atoms with Crippen molar-refractivity contribution in [1.82, 2.24) is 4.98 Å². The van der Waals surface area contributed by atoms with E-state index in [2.05, 4.69) is 4.98 Å². The molecule has 0 bridgehead atoms. The van der Waals surface area contributed by atoms with Crippen LogP contribution in [-0.4, -0.2) is 22.3 Å². The lowest BCUT2D eigenvalue weighted by Crippen LogP contribution is -2.21. The van der Waals surface area contributed by atoms with E-state index in [-0.39, 0.29) is 30.2 Å². The second kappa shape index (κ2) is 10.0. The molecule has 1 N–H and O–H groups in total. The predicted molar refractivity (Wildman–Crippen MR) is 131 cm³/mol. The predicted octanol–water partition coefficient (Wildman–Crippen LogP) is 7.62. The minimum absolute atomic E-state index is 0.00933. The number of rotatable bonds is 9. The van der Waals surface area contributed by atoms with Crippen molar-refractivity contribution in [3.8, 4) is 22.8 Å². The fourth-order valence-electron chi connectivity index (χ4n) is 5.02. The Morgan fingerprint density at radius 2 is 1.82 bits per heavy atom. The normalized spacial score (nSPS) is 18.2. The van der Waals surface area contributed by atoms with E-state index in [0.717, 1.165) is 36.6 Å². The molecule has 1 heterocycles. The van der Waals surface area contributed by atoms with Gasteiger partial charge in [0.25, 0.3) is 6.43 Å². The van der Waals surface area contributed by atoms with Gasteiger partial charge in [-0.2, -0.15) is 13.2 Å². The number of hydrogen-bond donors (Lipinski definition) is 1. The topological polar surface area (TPSA) is 51.6 Å². The minimum Gasteiger partial charge on any atom is -0.493 e. The molecular formula is C29H27F6NO3. The quantitative estimate of drug-likeness (QED) is 0.278. The van der Waals surface area contributed by atoms with Crippen molar-refractivity contribution in [2.24, 2.45) is 5.92 Å². The molecule has 4 nitrogen and oxygen atoms in total. The molecule has 1 aromatic heterocycles. The summed E-state index contributed by atoms with van der Waals surface area (Å²) < 4.78 is 95.7. The van der Waals surface area contributed by atoms with Gasteiger partial charge < -0.3 is 14.6 Å². The molecule has 1 saturated carbocycles. The van der Waals surface area contributed by atoms with E-state index < -0.39 is 52.9 Å². The van der Waals surface area contributed by atoms with E-state index in [9.17, 15) is 31.4 Å². The summed E-state index contributed by atoms with van der Waals surface area (Å²) >= 11 is 0. The van der Waals surface area contributed by atoms with Crippen LogP contribution >= 0.6 is 0 Å². The second-order valence-electron chi connectivity index (χ2n) is 10.8. The van der Waals surface area contributed by atoms with E-state index in [0.29, 0.717) is 17.9 Å². The summed E-state index contributed by atoms with van der Waals surface area (Å²) in [7, 11) is 0.